The van der Waals surface area contributed by atoms with Gasteiger partial charge in [0, 0.05) is 25.6 Å². The van der Waals surface area contributed by atoms with Gasteiger partial charge in [0.2, 0.25) is 21.8 Å². The lowest BCUT2D eigenvalue weighted by Crippen LogP contribution is -2.51. The molecule has 2 aromatic carbocycles. The first-order chi connectivity index (χ1) is 17.6. The fourth-order valence-corrected chi connectivity index (χ4v) is 5.92. The van der Waals surface area contributed by atoms with Crippen molar-refractivity contribution in [1.82, 2.24) is 10.2 Å². The van der Waals surface area contributed by atoms with E-state index < -0.39 is 16.1 Å². The number of aryl methyl sites for hydroxylation is 2. The third-order valence-corrected chi connectivity index (χ3v) is 8.20. The third kappa shape index (κ3) is 8.32. The normalized spacial score (nSPS) is 14.8. The molecule has 2 amide bonds. The highest BCUT2D eigenvalue weighted by atomic mass is 32.2. The van der Waals surface area contributed by atoms with Crippen LogP contribution in [0.25, 0.3) is 0 Å². The summed E-state index contributed by atoms with van der Waals surface area (Å²) in [7, 11) is -3.51. The number of sulfonamides is 1. The first-order valence-electron chi connectivity index (χ1n) is 13.3. The van der Waals surface area contributed by atoms with E-state index in [0.717, 1.165) is 42.4 Å². The number of amides is 2. The Labute approximate surface area is 222 Å². The lowest BCUT2D eigenvalue weighted by atomic mass is 10.1. The number of hydrogen-bond acceptors (Lipinski definition) is 4. The van der Waals surface area contributed by atoms with Gasteiger partial charge in [-0.2, -0.15) is 0 Å². The summed E-state index contributed by atoms with van der Waals surface area (Å²) in [6, 6.07) is 14.9. The molecule has 1 saturated carbocycles. The zero-order valence-corrected chi connectivity index (χ0v) is 23.4. The van der Waals surface area contributed by atoms with Gasteiger partial charge in [-0.25, -0.2) is 8.42 Å². The van der Waals surface area contributed by atoms with Gasteiger partial charge in [0.1, 0.15) is 6.04 Å². The second-order valence-corrected chi connectivity index (χ2v) is 12.1. The van der Waals surface area contributed by atoms with E-state index in [0.29, 0.717) is 25.1 Å². The molecule has 1 fully saturated rings. The van der Waals surface area contributed by atoms with Crippen molar-refractivity contribution in [2.45, 2.75) is 84.3 Å². The van der Waals surface area contributed by atoms with Gasteiger partial charge >= 0.3 is 0 Å². The lowest BCUT2D eigenvalue weighted by Gasteiger charge is -2.32. The van der Waals surface area contributed by atoms with Crippen molar-refractivity contribution in [2.75, 3.05) is 17.1 Å². The van der Waals surface area contributed by atoms with Crippen molar-refractivity contribution in [3.05, 3.63) is 65.2 Å². The average Bonchev–Trinajstić information content (AvgIpc) is 3.35. The van der Waals surface area contributed by atoms with Crippen molar-refractivity contribution in [3.8, 4) is 0 Å². The molecule has 0 aromatic heterocycles. The van der Waals surface area contributed by atoms with Crippen LogP contribution in [0.4, 0.5) is 5.69 Å². The van der Waals surface area contributed by atoms with Gasteiger partial charge in [-0.1, -0.05) is 61.7 Å². The number of nitrogens with one attached hydrogen (secondary N) is 1. The molecular weight excluding hydrogens is 486 g/mol. The summed E-state index contributed by atoms with van der Waals surface area (Å²) in [5.74, 6) is -0.251. The Hall–Kier alpha value is -2.87. The maximum absolute atomic E-state index is 13.6. The molecule has 1 atom stereocenters. The van der Waals surface area contributed by atoms with Crippen LogP contribution >= 0.6 is 0 Å². The molecule has 3 rings (SSSR count). The molecule has 0 radical (unpaired) electrons. The molecule has 8 heteroatoms. The Kier molecular flexibility index (Phi) is 10.1. The number of benzene rings is 2. The summed E-state index contributed by atoms with van der Waals surface area (Å²) in [6.07, 6.45) is 6.39. The fraction of sp³-hybridized carbons (Fsp3) is 0.517. The van der Waals surface area contributed by atoms with Crippen molar-refractivity contribution in [3.63, 3.8) is 0 Å². The topological polar surface area (TPSA) is 86.8 Å². The zero-order chi connectivity index (χ0) is 27.0. The summed E-state index contributed by atoms with van der Waals surface area (Å²) >= 11 is 0. The summed E-state index contributed by atoms with van der Waals surface area (Å²) in [5, 5.41) is 3.16. The molecule has 202 valence electrons. The highest BCUT2D eigenvalue weighted by Gasteiger charge is 2.30. The summed E-state index contributed by atoms with van der Waals surface area (Å²) in [4.78, 5) is 28.5. The molecule has 0 saturated heterocycles. The van der Waals surface area contributed by atoms with Crippen LogP contribution in [0.3, 0.4) is 0 Å². The van der Waals surface area contributed by atoms with E-state index in [9.17, 15) is 18.0 Å². The van der Waals surface area contributed by atoms with Crippen molar-refractivity contribution < 1.29 is 18.0 Å². The molecule has 0 unspecified atom stereocenters. The number of anilines is 1. The number of hydrogen-bond donors (Lipinski definition) is 1. The molecule has 7 nitrogen and oxygen atoms in total. The van der Waals surface area contributed by atoms with Crippen LogP contribution in [0.15, 0.2) is 48.5 Å². The maximum Gasteiger partial charge on any atom is 0.243 e. The van der Waals surface area contributed by atoms with Gasteiger partial charge < -0.3 is 10.2 Å². The minimum absolute atomic E-state index is 0.104. The standard InChI is InChI=1S/C29H41N3O4S/c1-5-27(29(34)30-25-11-6-7-12-25)31(21-24-17-15-22(2)16-18-24)28(33)14-9-19-32(37(4,35)36)26-13-8-10-23(3)20-26/h8,10,13,15-18,20,25,27H,5-7,9,11-12,14,19,21H2,1-4H3,(H,30,34)/t27-/m0/s1. The van der Waals surface area contributed by atoms with Crippen LogP contribution in [0.1, 0.15) is 68.6 Å². The quantitative estimate of drug-likeness (QED) is 0.433. The van der Waals surface area contributed by atoms with Gasteiger partial charge in [-0.05, 0) is 62.8 Å². The first kappa shape index (κ1) is 28.7. The lowest BCUT2D eigenvalue weighted by molar-refractivity contribution is -0.141. The Bertz CT molecular complexity index is 1160. The van der Waals surface area contributed by atoms with Crippen LogP contribution in [0.2, 0.25) is 0 Å². The van der Waals surface area contributed by atoms with Gasteiger partial charge in [0.25, 0.3) is 0 Å². The van der Waals surface area contributed by atoms with E-state index in [1.165, 1.54) is 10.6 Å². The molecular formula is C29H41N3O4S. The SMILES string of the molecule is CC[C@@H](C(=O)NC1CCCC1)N(Cc1ccc(C)cc1)C(=O)CCCN(c1cccc(C)c1)S(C)(=O)=O. The van der Waals surface area contributed by atoms with Crippen LogP contribution in [-0.2, 0) is 26.2 Å². The predicted octanol–water partition coefficient (Wildman–Crippen LogP) is 4.72. The molecule has 0 aliphatic heterocycles. The predicted molar refractivity (Wildman–Crippen MR) is 149 cm³/mol. The number of nitrogens with zero attached hydrogens (tertiary/aromatic N) is 2. The van der Waals surface area contributed by atoms with E-state index in [4.69, 9.17) is 0 Å². The second-order valence-electron chi connectivity index (χ2n) is 10.2. The van der Waals surface area contributed by atoms with Crippen molar-refractivity contribution in [1.29, 1.82) is 0 Å². The van der Waals surface area contributed by atoms with Gasteiger partial charge in [0.15, 0.2) is 0 Å². The molecule has 0 heterocycles. The highest BCUT2D eigenvalue weighted by molar-refractivity contribution is 7.92. The van der Waals surface area contributed by atoms with Gasteiger partial charge in [-0.3, -0.25) is 13.9 Å². The van der Waals surface area contributed by atoms with Crippen LogP contribution in [-0.4, -0.2) is 50.0 Å². The van der Waals surface area contributed by atoms with Crippen molar-refractivity contribution in [2.24, 2.45) is 0 Å². The largest absolute Gasteiger partial charge is 0.352 e. The molecule has 1 aliphatic carbocycles. The summed E-state index contributed by atoms with van der Waals surface area (Å²) in [5.41, 5.74) is 3.65. The van der Waals surface area contributed by atoms with Crippen molar-refractivity contribution >= 4 is 27.5 Å². The third-order valence-electron chi connectivity index (χ3n) is 7.00. The number of carbonyl (C=O) groups excluding carboxylic acids is 2. The van der Waals surface area contributed by atoms with Crippen LogP contribution in [0, 0.1) is 13.8 Å². The van der Waals surface area contributed by atoms with Crippen LogP contribution < -0.4 is 9.62 Å². The Morgan fingerprint density at radius 2 is 1.70 bits per heavy atom. The molecule has 1 N–H and O–H groups in total. The molecule has 37 heavy (non-hydrogen) atoms. The Morgan fingerprint density at radius 3 is 2.30 bits per heavy atom. The zero-order valence-electron chi connectivity index (χ0n) is 22.6. The molecule has 0 bridgehead atoms. The second kappa shape index (κ2) is 13.1. The van der Waals surface area contributed by atoms with E-state index in [-0.39, 0.29) is 30.8 Å². The number of carbonyl (C=O) groups is 2. The summed E-state index contributed by atoms with van der Waals surface area (Å²) in [6.45, 7) is 6.38. The minimum atomic E-state index is -3.51. The van der Waals surface area contributed by atoms with Crippen LogP contribution in [0.5, 0.6) is 0 Å². The molecule has 2 aromatic rings. The summed E-state index contributed by atoms with van der Waals surface area (Å²) < 4.78 is 26.4. The van der Waals surface area contributed by atoms with E-state index in [1.807, 2.05) is 63.2 Å². The average molecular weight is 528 g/mol. The fourth-order valence-electron chi connectivity index (χ4n) is 4.96. The highest BCUT2D eigenvalue weighted by Crippen LogP contribution is 2.22. The van der Waals surface area contributed by atoms with E-state index in [2.05, 4.69) is 5.32 Å². The number of rotatable bonds is 12. The Morgan fingerprint density at radius 1 is 1.03 bits per heavy atom. The van der Waals surface area contributed by atoms with Gasteiger partial charge in [-0.15, -0.1) is 0 Å². The molecule has 1 aliphatic rings. The Balaban J connectivity index is 1.75. The first-order valence-corrected chi connectivity index (χ1v) is 15.1. The monoisotopic (exact) mass is 527 g/mol. The van der Waals surface area contributed by atoms with E-state index >= 15 is 0 Å². The smallest absolute Gasteiger partial charge is 0.243 e. The molecule has 0 spiro atoms. The maximum atomic E-state index is 13.6. The van der Waals surface area contributed by atoms with E-state index in [1.54, 1.807) is 11.0 Å². The van der Waals surface area contributed by atoms with Gasteiger partial charge in [0.05, 0.1) is 11.9 Å². The minimum Gasteiger partial charge on any atom is -0.352 e.